The zero-order valence-corrected chi connectivity index (χ0v) is 11.7. The monoisotopic (exact) mass is 213 g/mol. The molecule has 2 unspecified atom stereocenters. The minimum absolute atomic E-state index is 0.262. The van der Waals surface area contributed by atoms with Gasteiger partial charge in [0.15, 0.2) is 0 Å². The van der Waals surface area contributed by atoms with Gasteiger partial charge in [-0.1, -0.05) is 40.0 Å². The molecule has 0 radical (unpaired) electrons. The first kappa shape index (κ1) is 15.0. The second kappa shape index (κ2) is 7.27. The van der Waals surface area contributed by atoms with Gasteiger partial charge < -0.3 is 5.32 Å². The third-order valence-corrected chi connectivity index (χ3v) is 3.10. The fraction of sp³-hybridized carbons (Fsp3) is 1.00. The zero-order chi connectivity index (χ0) is 11.9. The molecule has 0 rings (SSSR count). The average molecular weight is 213 g/mol. The average Bonchev–Trinajstić information content (AvgIpc) is 2.11. The summed E-state index contributed by atoms with van der Waals surface area (Å²) >= 11 is 0. The van der Waals surface area contributed by atoms with Gasteiger partial charge in [0.1, 0.15) is 0 Å². The third-order valence-electron chi connectivity index (χ3n) is 3.10. The number of rotatable bonds is 7. The lowest BCUT2D eigenvalue weighted by Crippen LogP contribution is -2.40. The third kappa shape index (κ3) is 7.84. The molecule has 1 nitrogen and oxygen atoms in total. The molecule has 0 fully saturated rings. The van der Waals surface area contributed by atoms with Gasteiger partial charge in [0, 0.05) is 5.54 Å². The largest absolute Gasteiger partial charge is 0.312 e. The predicted molar refractivity (Wildman–Crippen MR) is 70.2 cm³/mol. The first-order chi connectivity index (χ1) is 6.90. The van der Waals surface area contributed by atoms with E-state index in [1.54, 1.807) is 0 Å². The van der Waals surface area contributed by atoms with Gasteiger partial charge in [0.05, 0.1) is 0 Å². The van der Waals surface area contributed by atoms with Gasteiger partial charge in [0.2, 0.25) is 0 Å². The van der Waals surface area contributed by atoms with Crippen LogP contribution in [0.25, 0.3) is 0 Å². The van der Waals surface area contributed by atoms with Crippen molar-refractivity contribution < 1.29 is 0 Å². The Kier molecular flexibility index (Phi) is 7.25. The summed E-state index contributed by atoms with van der Waals surface area (Å²) in [5.41, 5.74) is 0.262. The maximum absolute atomic E-state index is 3.65. The molecule has 0 aromatic rings. The molecule has 0 bridgehead atoms. The Bertz CT molecular complexity index is 146. The lowest BCUT2D eigenvalue weighted by Gasteiger charge is -2.28. The maximum atomic E-state index is 3.65. The number of hydrogen-bond donors (Lipinski definition) is 1. The quantitative estimate of drug-likeness (QED) is 0.667. The topological polar surface area (TPSA) is 12.0 Å². The summed E-state index contributed by atoms with van der Waals surface area (Å²) < 4.78 is 0. The molecular formula is C14H31N. The molecule has 2 atom stereocenters. The lowest BCUT2D eigenvalue weighted by molar-refractivity contribution is 0.271. The minimum Gasteiger partial charge on any atom is -0.312 e. The SMILES string of the molecule is CCCC(C)C(CCC)CNC(C)(C)C. The van der Waals surface area contributed by atoms with Crippen LogP contribution in [0.15, 0.2) is 0 Å². The van der Waals surface area contributed by atoms with Crippen molar-refractivity contribution in [3.05, 3.63) is 0 Å². The molecule has 0 aromatic carbocycles. The summed E-state index contributed by atoms with van der Waals surface area (Å²) in [5.74, 6) is 1.72. The van der Waals surface area contributed by atoms with Gasteiger partial charge in [-0.2, -0.15) is 0 Å². The Morgan fingerprint density at radius 3 is 1.93 bits per heavy atom. The van der Waals surface area contributed by atoms with Gasteiger partial charge in [0.25, 0.3) is 0 Å². The molecule has 0 heterocycles. The normalized spacial score (nSPS) is 16.4. The maximum Gasteiger partial charge on any atom is 0.00966 e. The summed E-state index contributed by atoms with van der Waals surface area (Å²) in [6.07, 6.45) is 5.36. The Labute approximate surface area is 97.0 Å². The molecule has 0 aliphatic rings. The van der Waals surface area contributed by atoms with Crippen LogP contribution in [0.2, 0.25) is 0 Å². The zero-order valence-electron chi connectivity index (χ0n) is 11.7. The van der Waals surface area contributed by atoms with Crippen LogP contribution < -0.4 is 5.32 Å². The van der Waals surface area contributed by atoms with Gasteiger partial charge in [-0.05, 0) is 45.6 Å². The Morgan fingerprint density at radius 1 is 1.00 bits per heavy atom. The van der Waals surface area contributed by atoms with Crippen LogP contribution >= 0.6 is 0 Å². The van der Waals surface area contributed by atoms with Crippen molar-refractivity contribution in [2.24, 2.45) is 11.8 Å². The van der Waals surface area contributed by atoms with Crippen molar-refractivity contribution in [2.75, 3.05) is 6.54 Å². The van der Waals surface area contributed by atoms with E-state index in [0.717, 1.165) is 11.8 Å². The van der Waals surface area contributed by atoms with E-state index < -0.39 is 0 Å². The fourth-order valence-corrected chi connectivity index (χ4v) is 2.09. The van der Waals surface area contributed by atoms with Crippen LogP contribution in [-0.2, 0) is 0 Å². The molecule has 1 N–H and O–H groups in total. The van der Waals surface area contributed by atoms with E-state index in [-0.39, 0.29) is 5.54 Å². The Morgan fingerprint density at radius 2 is 1.53 bits per heavy atom. The minimum atomic E-state index is 0.262. The van der Waals surface area contributed by atoms with E-state index >= 15 is 0 Å². The van der Waals surface area contributed by atoms with Crippen molar-refractivity contribution >= 4 is 0 Å². The highest BCUT2D eigenvalue weighted by Gasteiger charge is 2.18. The van der Waals surface area contributed by atoms with Gasteiger partial charge >= 0.3 is 0 Å². The van der Waals surface area contributed by atoms with Crippen molar-refractivity contribution in [3.63, 3.8) is 0 Å². The summed E-state index contributed by atoms with van der Waals surface area (Å²) in [6.45, 7) is 14.9. The Balaban J connectivity index is 4.03. The fourth-order valence-electron chi connectivity index (χ4n) is 2.09. The second-order valence-corrected chi connectivity index (χ2v) is 5.95. The number of hydrogen-bond acceptors (Lipinski definition) is 1. The molecule has 0 aliphatic heterocycles. The van der Waals surface area contributed by atoms with Gasteiger partial charge in [-0.3, -0.25) is 0 Å². The van der Waals surface area contributed by atoms with Crippen LogP contribution in [0.1, 0.15) is 67.2 Å². The molecular weight excluding hydrogens is 182 g/mol. The summed E-state index contributed by atoms with van der Waals surface area (Å²) in [4.78, 5) is 0. The molecule has 0 spiro atoms. The first-order valence-corrected chi connectivity index (χ1v) is 6.65. The van der Waals surface area contributed by atoms with Gasteiger partial charge in [-0.25, -0.2) is 0 Å². The number of nitrogens with one attached hydrogen (secondary N) is 1. The molecule has 15 heavy (non-hydrogen) atoms. The molecule has 0 aliphatic carbocycles. The standard InChI is InChI=1S/C14H31N/c1-7-9-12(3)13(10-8-2)11-15-14(4,5)6/h12-13,15H,7-11H2,1-6H3. The van der Waals surface area contributed by atoms with Crippen LogP contribution in [0.5, 0.6) is 0 Å². The van der Waals surface area contributed by atoms with Gasteiger partial charge in [-0.15, -0.1) is 0 Å². The van der Waals surface area contributed by atoms with Crippen molar-refractivity contribution in [3.8, 4) is 0 Å². The summed E-state index contributed by atoms with van der Waals surface area (Å²) in [6, 6.07) is 0. The molecule has 0 saturated heterocycles. The van der Waals surface area contributed by atoms with Crippen molar-refractivity contribution in [2.45, 2.75) is 72.8 Å². The molecule has 0 amide bonds. The van der Waals surface area contributed by atoms with Crippen LogP contribution in [0.3, 0.4) is 0 Å². The molecule has 1 heteroatoms. The van der Waals surface area contributed by atoms with E-state index in [4.69, 9.17) is 0 Å². The van der Waals surface area contributed by atoms with E-state index in [2.05, 4.69) is 46.9 Å². The summed E-state index contributed by atoms with van der Waals surface area (Å²) in [5, 5.41) is 3.65. The van der Waals surface area contributed by atoms with E-state index in [1.165, 1.54) is 32.2 Å². The van der Waals surface area contributed by atoms with Crippen LogP contribution in [0, 0.1) is 11.8 Å². The highest BCUT2D eigenvalue weighted by Crippen LogP contribution is 2.22. The summed E-state index contributed by atoms with van der Waals surface area (Å²) in [7, 11) is 0. The first-order valence-electron chi connectivity index (χ1n) is 6.65. The molecule has 0 aromatic heterocycles. The lowest BCUT2D eigenvalue weighted by atomic mass is 9.86. The highest BCUT2D eigenvalue weighted by molar-refractivity contribution is 4.75. The van der Waals surface area contributed by atoms with Crippen LogP contribution in [0.4, 0.5) is 0 Å². The predicted octanol–water partition coefficient (Wildman–Crippen LogP) is 4.23. The molecule has 0 saturated carbocycles. The van der Waals surface area contributed by atoms with Crippen molar-refractivity contribution in [1.82, 2.24) is 5.32 Å². The van der Waals surface area contributed by atoms with Crippen molar-refractivity contribution in [1.29, 1.82) is 0 Å². The van der Waals surface area contributed by atoms with E-state index in [1.807, 2.05) is 0 Å². The smallest absolute Gasteiger partial charge is 0.00966 e. The second-order valence-electron chi connectivity index (χ2n) is 5.95. The Hall–Kier alpha value is -0.0400. The highest BCUT2D eigenvalue weighted by atomic mass is 14.9. The van der Waals surface area contributed by atoms with Crippen LogP contribution in [-0.4, -0.2) is 12.1 Å². The van der Waals surface area contributed by atoms with E-state index in [0.29, 0.717) is 0 Å². The molecule has 92 valence electrons. The van der Waals surface area contributed by atoms with E-state index in [9.17, 15) is 0 Å².